The van der Waals surface area contributed by atoms with Crippen molar-refractivity contribution in [1.29, 1.82) is 0 Å². The molecule has 0 aliphatic carbocycles. The first-order chi connectivity index (χ1) is 12.3. The molecule has 0 aliphatic heterocycles. The van der Waals surface area contributed by atoms with E-state index in [2.05, 4.69) is 5.10 Å². The highest BCUT2D eigenvalue weighted by Gasteiger charge is 2.23. The van der Waals surface area contributed by atoms with E-state index in [1.807, 2.05) is 57.5 Å². The highest BCUT2D eigenvalue weighted by atomic mass is 35.5. The van der Waals surface area contributed by atoms with Gasteiger partial charge in [-0.05, 0) is 44.5 Å². The van der Waals surface area contributed by atoms with E-state index in [0.717, 1.165) is 27.2 Å². The Morgan fingerprint density at radius 1 is 1.31 bits per heavy atom. The smallest absolute Gasteiger partial charge is 0.231 e. The molecular weight excluding hydrogens is 368 g/mol. The SMILES string of the molecule is Cc1cc(C)n(CCN(C(=O)C(C)C)c2nc3c(C)c(Cl)ccc3s2)n1. The molecule has 0 saturated heterocycles. The van der Waals surface area contributed by atoms with Crippen LogP contribution in [0.4, 0.5) is 5.13 Å². The van der Waals surface area contributed by atoms with Crippen molar-refractivity contribution in [2.24, 2.45) is 5.92 Å². The van der Waals surface area contributed by atoms with Gasteiger partial charge in [-0.3, -0.25) is 14.4 Å². The van der Waals surface area contributed by atoms with Gasteiger partial charge in [0, 0.05) is 23.2 Å². The fraction of sp³-hybridized carbons (Fsp3) is 0.421. The summed E-state index contributed by atoms with van der Waals surface area (Å²) in [6.07, 6.45) is 0. The molecule has 0 bridgehead atoms. The lowest BCUT2D eigenvalue weighted by molar-refractivity contribution is -0.121. The number of halogens is 1. The van der Waals surface area contributed by atoms with Crippen LogP contribution in [0.1, 0.15) is 30.8 Å². The molecule has 0 atom stereocenters. The van der Waals surface area contributed by atoms with Crippen LogP contribution in [-0.2, 0) is 11.3 Å². The first-order valence-electron chi connectivity index (χ1n) is 8.66. The van der Waals surface area contributed by atoms with Gasteiger partial charge in [0.25, 0.3) is 0 Å². The third kappa shape index (κ3) is 3.62. The number of hydrogen-bond acceptors (Lipinski definition) is 4. The van der Waals surface area contributed by atoms with Crippen molar-refractivity contribution in [3.8, 4) is 0 Å². The number of nitrogens with zero attached hydrogens (tertiary/aromatic N) is 4. The van der Waals surface area contributed by atoms with Crippen LogP contribution in [-0.4, -0.2) is 27.2 Å². The second-order valence-corrected chi connectivity index (χ2v) is 8.23. The molecule has 2 aromatic heterocycles. The molecule has 5 nitrogen and oxygen atoms in total. The second kappa shape index (κ2) is 7.37. The lowest BCUT2D eigenvalue weighted by Gasteiger charge is -2.22. The summed E-state index contributed by atoms with van der Waals surface area (Å²) in [5.74, 6) is -0.0403. The Bertz CT molecular complexity index is 960. The average molecular weight is 391 g/mol. The molecular formula is C19H23ClN4OS. The zero-order valence-corrected chi connectivity index (χ0v) is 17.3. The van der Waals surface area contributed by atoms with Gasteiger partial charge in [0.2, 0.25) is 5.91 Å². The second-order valence-electron chi connectivity index (χ2n) is 6.81. The van der Waals surface area contributed by atoms with Crippen molar-refractivity contribution in [2.75, 3.05) is 11.4 Å². The normalized spacial score (nSPS) is 11.5. The Kier molecular flexibility index (Phi) is 5.34. The van der Waals surface area contributed by atoms with Gasteiger partial charge in [0.1, 0.15) is 0 Å². The molecule has 3 rings (SSSR count). The summed E-state index contributed by atoms with van der Waals surface area (Å²) < 4.78 is 2.97. The molecule has 0 unspecified atom stereocenters. The molecule has 0 radical (unpaired) electrons. The van der Waals surface area contributed by atoms with E-state index in [4.69, 9.17) is 16.6 Å². The summed E-state index contributed by atoms with van der Waals surface area (Å²) in [6, 6.07) is 5.88. The van der Waals surface area contributed by atoms with Gasteiger partial charge >= 0.3 is 0 Å². The summed E-state index contributed by atoms with van der Waals surface area (Å²) in [5.41, 5.74) is 3.88. The molecule has 0 aliphatic rings. The third-order valence-electron chi connectivity index (χ3n) is 4.37. The number of amides is 1. The summed E-state index contributed by atoms with van der Waals surface area (Å²) in [5, 5.41) is 5.90. The topological polar surface area (TPSA) is 51.0 Å². The maximum absolute atomic E-state index is 12.8. The molecule has 138 valence electrons. The fourth-order valence-electron chi connectivity index (χ4n) is 2.91. The Labute approximate surface area is 162 Å². The predicted molar refractivity (Wildman–Crippen MR) is 108 cm³/mol. The van der Waals surface area contributed by atoms with Gasteiger partial charge in [-0.25, -0.2) is 4.98 Å². The lowest BCUT2D eigenvalue weighted by atomic mass is 10.2. The number of thiazole rings is 1. The van der Waals surface area contributed by atoms with Crippen LogP contribution in [0.5, 0.6) is 0 Å². The summed E-state index contributed by atoms with van der Waals surface area (Å²) in [4.78, 5) is 19.3. The minimum Gasteiger partial charge on any atom is -0.286 e. The zero-order chi connectivity index (χ0) is 19.0. The summed E-state index contributed by atoms with van der Waals surface area (Å²) in [7, 11) is 0. The Balaban J connectivity index is 1.94. The average Bonchev–Trinajstić information content (AvgIpc) is 3.14. The molecule has 0 spiro atoms. The zero-order valence-electron chi connectivity index (χ0n) is 15.7. The lowest BCUT2D eigenvalue weighted by Crippen LogP contribution is -2.37. The van der Waals surface area contributed by atoms with Crippen molar-refractivity contribution < 1.29 is 4.79 Å². The maximum atomic E-state index is 12.8. The van der Waals surface area contributed by atoms with E-state index in [0.29, 0.717) is 23.2 Å². The molecule has 0 N–H and O–H groups in total. The number of rotatable bonds is 5. The standard InChI is InChI=1S/C19H23ClN4OS/c1-11(2)18(25)23(8-9-24-13(4)10-12(3)22-24)19-21-17-14(5)15(20)6-7-16(17)26-19/h6-7,10-11H,8-9H2,1-5H3. The van der Waals surface area contributed by atoms with Crippen LogP contribution >= 0.6 is 22.9 Å². The van der Waals surface area contributed by atoms with Gasteiger partial charge in [-0.2, -0.15) is 5.10 Å². The van der Waals surface area contributed by atoms with Gasteiger partial charge in [-0.15, -0.1) is 0 Å². The Hall–Kier alpha value is -1.92. The van der Waals surface area contributed by atoms with Crippen LogP contribution in [0.2, 0.25) is 5.02 Å². The van der Waals surface area contributed by atoms with Crippen LogP contribution in [0.25, 0.3) is 10.2 Å². The summed E-state index contributed by atoms with van der Waals surface area (Å²) >= 11 is 7.75. The quantitative estimate of drug-likeness (QED) is 0.631. The van der Waals surface area contributed by atoms with Crippen LogP contribution in [0.3, 0.4) is 0 Å². The van der Waals surface area contributed by atoms with Crippen molar-refractivity contribution in [1.82, 2.24) is 14.8 Å². The molecule has 2 heterocycles. The van der Waals surface area contributed by atoms with Gasteiger partial charge in [0.15, 0.2) is 5.13 Å². The largest absolute Gasteiger partial charge is 0.286 e. The molecule has 26 heavy (non-hydrogen) atoms. The fourth-order valence-corrected chi connectivity index (χ4v) is 4.12. The van der Waals surface area contributed by atoms with Gasteiger partial charge in [-0.1, -0.05) is 36.8 Å². The van der Waals surface area contributed by atoms with Gasteiger partial charge in [0.05, 0.1) is 22.5 Å². The number of carbonyl (C=O) groups excluding carboxylic acids is 1. The molecule has 0 saturated carbocycles. The van der Waals surface area contributed by atoms with Crippen molar-refractivity contribution in [3.05, 3.63) is 40.2 Å². The van der Waals surface area contributed by atoms with Crippen LogP contribution < -0.4 is 4.90 Å². The monoisotopic (exact) mass is 390 g/mol. The molecule has 1 amide bonds. The number of fused-ring (bicyclic) bond motifs is 1. The molecule has 7 heteroatoms. The number of benzene rings is 1. The molecule has 3 aromatic rings. The number of hydrogen-bond donors (Lipinski definition) is 0. The van der Waals surface area contributed by atoms with Crippen LogP contribution in [0.15, 0.2) is 18.2 Å². The third-order valence-corrected chi connectivity index (χ3v) is 5.82. The van der Waals surface area contributed by atoms with E-state index >= 15 is 0 Å². The van der Waals surface area contributed by atoms with Crippen molar-refractivity contribution in [2.45, 2.75) is 41.2 Å². The predicted octanol–water partition coefficient (Wildman–Crippen LogP) is 4.76. The van der Waals surface area contributed by atoms with Gasteiger partial charge < -0.3 is 0 Å². The Morgan fingerprint density at radius 2 is 2.04 bits per heavy atom. The number of aromatic nitrogens is 3. The summed E-state index contributed by atoms with van der Waals surface area (Å²) in [6.45, 7) is 10.9. The number of aryl methyl sites for hydroxylation is 3. The van der Waals surface area contributed by atoms with Crippen molar-refractivity contribution in [3.63, 3.8) is 0 Å². The molecule has 0 fully saturated rings. The van der Waals surface area contributed by atoms with E-state index in [9.17, 15) is 4.79 Å². The van der Waals surface area contributed by atoms with E-state index in [1.165, 1.54) is 11.3 Å². The molecule has 1 aromatic carbocycles. The van der Waals surface area contributed by atoms with Crippen LogP contribution in [0, 0.1) is 26.7 Å². The van der Waals surface area contributed by atoms with Crippen molar-refractivity contribution >= 4 is 44.2 Å². The minimum absolute atomic E-state index is 0.0642. The number of carbonyl (C=O) groups is 1. The highest BCUT2D eigenvalue weighted by molar-refractivity contribution is 7.22. The minimum atomic E-state index is -0.104. The highest BCUT2D eigenvalue weighted by Crippen LogP contribution is 2.34. The van der Waals surface area contributed by atoms with E-state index < -0.39 is 0 Å². The first-order valence-corrected chi connectivity index (χ1v) is 9.85. The van der Waals surface area contributed by atoms with E-state index in [-0.39, 0.29) is 11.8 Å². The number of anilines is 1. The van der Waals surface area contributed by atoms with E-state index in [1.54, 1.807) is 4.90 Å². The Morgan fingerprint density at radius 3 is 2.65 bits per heavy atom. The first kappa shape index (κ1) is 18.9. The maximum Gasteiger partial charge on any atom is 0.231 e.